The molecule has 1 rings (SSSR count). The molecule has 0 saturated carbocycles. The fourth-order valence-electron chi connectivity index (χ4n) is 1.38. The van der Waals surface area contributed by atoms with Gasteiger partial charge < -0.3 is 10.4 Å². The SMILES string of the molecule is CC(CCO)NC(=O)c1cc(F)cc([N+](=O)[O-])c1. The summed E-state index contributed by atoms with van der Waals surface area (Å²) in [5.74, 6) is -1.46. The summed E-state index contributed by atoms with van der Waals surface area (Å²) in [5, 5.41) is 21.7. The van der Waals surface area contributed by atoms with Crippen LogP contribution in [0.25, 0.3) is 0 Å². The van der Waals surface area contributed by atoms with E-state index < -0.39 is 22.3 Å². The summed E-state index contributed by atoms with van der Waals surface area (Å²) in [5.41, 5.74) is -0.596. The molecule has 0 spiro atoms. The zero-order chi connectivity index (χ0) is 13.7. The van der Waals surface area contributed by atoms with E-state index in [9.17, 15) is 19.3 Å². The second-order valence-electron chi connectivity index (χ2n) is 3.84. The second-order valence-corrected chi connectivity index (χ2v) is 3.84. The van der Waals surface area contributed by atoms with Gasteiger partial charge in [0.15, 0.2) is 0 Å². The maximum Gasteiger partial charge on any atom is 0.273 e. The van der Waals surface area contributed by atoms with E-state index >= 15 is 0 Å². The number of aliphatic hydroxyl groups excluding tert-OH is 1. The van der Waals surface area contributed by atoms with Crippen molar-refractivity contribution in [2.45, 2.75) is 19.4 Å². The molecule has 1 aromatic carbocycles. The number of nitrogens with zero attached hydrogens (tertiary/aromatic N) is 1. The van der Waals surface area contributed by atoms with Crippen LogP contribution in [0.2, 0.25) is 0 Å². The molecular formula is C11H13FN2O4. The number of benzene rings is 1. The third kappa shape index (κ3) is 3.77. The van der Waals surface area contributed by atoms with Gasteiger partial charge in [0, 0.05) is 24.3 Å². The highest BCUT2D eigenvalue weighted by atomic mass is 19.1. The first-order valence-electron chi connectivity index (χ1n) is 5.30. The lowest BCUT2D eigenvalue weighted by Crippen LogP contribution is -2.33. The first-order chi connectivity index (χ1) is 8.43. The molecule has 1 amide bonds. The van der Waals surface area contributed by atoms with E-state index in [-0.39, 0.29) is 18.2 Å². The van der Waals surface area contributed by atoms with Crippen molar-refractivity contribution in [1.29, 1.82) is 0 Å². The quantitative estimate of drug-likeness (QED) is 0.612. The Bertz CT molecular complexity index is 464. The van der Waals surface area contributed by atoms with Crippen molar-refractivity contribution in [1.82, 2.24) is 5.32 Å². The van der Waals surface area contributed by atoms with Crippen LogP contribution in [0.5, 0.6) is 0 Å². The average molecular weight is 256 g/mol. The topological polar surface area (TPSA) is 92.5 Å². The summed E-state index contributed by atoms with van der Waals surface area (Å²) in [6.07, 6.45) is 0.350. The lowest BCUT2D eigenvalue weighted by Gasteiger charge is -2.12. The normalized spacial score (nSPS) is 11.9. The summed E-state index contributed by atoms with van der Waals surface area (Å²) in [7, 11) is 0. The number of aliphatic hydroxyl groups is 1. The van der Waals surface area contributed by atoms with E-state index in [1.165, 1.54) is 0 Å². The smallest absolute Gasteiger partial charge is 0.273 e. The number of nitrogens with one attached hydrogen (secondary N) is 1. The molecule has 2 N–H and O–H groups in total. The summed E-state index contributed by atoms with van der Waals surface area (Å²) in [4.78, 5) is 21.4. The first kappa shape index (κ1) is 14.0. The van der Waals surface area contributed by atoms with Gasteiger partial charge in [0.2, 0.25) is 0 Å². The Morgan fingerprint density at radius 1 is 1.56 bits per heavy atom. The van der Waals surface area contributed by atoms with Crippen LogP contribution in [-0.4, -0.2) is 28.6 Å². The van der Waals surface area contributed by atoms with E-state index in [2.05, 4.69) is 5.32 Å². The van der Waals surface area contributed by atoms with Crippen LogP contribution in [0, 0.1) is 15.9 Å². The van der Waals surface area contributed by atoms with Gasteiger partial charge in [0.05, 0.1) is 11.0 Å². The van der Waals surface area contributed by atoms with Crippen LogP contribution in [0.4, 0.5) is 10.1 Å². The van der Waals surface area contributed by atoms with Crippen molar-refractivity contribution < 1.29 is 19.2 Å². The zero-order valence-corrected chi connectivity index (χ0v) is 9.72. The van der Waals surface area contributed by atoms with Gasteiger partial charge in [-0.2, -0.15) is 0 Å². The fraction of sp³-hybridized carbons (Fsp3) is 0.364. The van der Waals surface area contributed by atoms with Crippen LogP contribution in [0.15, 0.2) is 18.2 Å². The second kappa shape index (κ2) is 6.06. The highest BCUT2D eigenvalue weighted by Crippen LogP contribution is 2.16. The minimum Gasteiger partial charge on any atom is -0.396 e. The highest BCUT2D eigenvalue weighted by Gasteiger charge is 2.15. The molecule has 0 heterocycles. The Labute approximate surface area is 103 Å². The Morgan fingerprint density at radius 3 is 2.78 bits per heavy atom. The van der Waals surface area contributed by atoms with Crippen molar-refractivity contribution in [2.24, 2.45) is 0 Å². The fourth-order valence-corrected chi connectivity index (χ4v) is 1.38. The molecule has 0 aromatic heterocycles. The first-order valence-corrected chi connectivity index (χ1v) is 5.30. The molecule has 0 aliphatic heterocycles. The molecule has 0 aliphatic carbocycles. The molecule has 98 valence electrons. The number of carbonyl (C=O) groups is 1. The van der Waals surface area contributed by atoms with Crippen LogP contribution in [0.3, 0.4) is 0 Å². The van der Waals surface area contributed by atoms with Crippen molar-refractivity contribution in [3.8, 4) is 0 Å². The number of nitro benzene ring substituents is 1. The minimum absolute atomic E-state index is 0.0925. The number of rotatable bonds is 5. The Hall–Kier alpha value is -2.02. The van der Waals surface area contributed by atoms with Gasteiger partial charge in [-0.1, -0.05) is 0 Å². The lowest BCUT2D eigenvalue weighted by molar-refractivity contribution is -0.385. The maximum atomic E-state index is 13.1. The molecule has 0 aliphatic rings. The van der Waals surface area contributed by atoms with Gasteiger partial charge in [0.25, 0.3) is 11.6 Å². The Kier molecular flexibility index (Phi) is 4.73. The van der Waals surface area contributed by atoms with Gasteiger partial charge in [0.1, 0.15) is 5.82 Å². The number of halogens is 1. The van der Waals surface area contributed by atoms with Gasteiger partial charge >= 0.3 is 0 Å². The minimum atomic E-state index is -0.843. The standard InChI is InChI=1S/C11H13FN2O4/c1-7(2-3-15)13-11(16)8-4-9(12)6-10(5-8)14(17)18/h4-7,15H,2-3H2,1H3,(H,13,16). The summed E-state index contributed by atoms with van der Waals surface area (Å²) < 4.78 is 13.1. The molecule has 0 bridgehead atoms. The lowest BCUT2D eigenvalue weighted by atomic mass is 10.1. The largest absolute Gasteiger partial charge is 0.396 e. The monoisotopic (exact) mass is 256 g/mol. The average Bonchev–Trinajstić information content (AvgIpc) is 2.28. The van der Waals surface area contributed by atoms with E-state index in [1.807, 2.05) is 0 Å². The number of carbonyl (C=O) groups excluding carboxylic acids is 1. The molecule has 1 unspecified atom stereocenters. The maximum absolute atomic E-state index is 13.1. The third-order valence-corrected chi connectivity index (χ3v) is 2.30. The summed E-state index contributed by atoms with van der Waals surface area (Å²) >= 11 is 0. The molecule has 7 heteroatoms. The Morgan fingerprint density at radius 2 is 2.22 bits per heavy atom. The van der Waals surface area contributed by atoms with Crippen LogP contribution in [0.1, 0.15) is 23.7 Å². The third-order valence-electron chi connectivity index (χ3n) is 2.30. The molecule has 6 nitrogen and oxygen atoms in total. The highest BCUT2D eigenvalue weighted by molar-refractivity contribution is 5.95. The number of hydrogen-bond acceptors (Lipinski definition) is 4. The van der Waals surface area contributed by atoms with Crippen molar-refractivity contribution >= 4 is 11.6 Å². The van der Waals surface area contributed by atoms with E-state index in [4.69, 9.17) is 5.11 Å². The number of hydrogen-bond donors (Lipinski definition) is 2. The number of nitro groups is 1. The van der Waals surface area contributed by atoms with Gasteiger partial charge in [-0.3, -0.25) is 14.9 Å². The predicted octanol–water partition coefficient (Wildman–Crippen LogP) is 1.23. The molecule has 1 aromatic rings. The van der Waals surface area contributed by atoms with Crippen LogP contribution in [-0.2, 0) is 0 Å². The molecular weight excluding hydrogens is 243 g/mol. The van der Waals surface area contributed by atoms with Crippen molar-refractivity contribution in [3.63, 3.8) is 0 Å². The van der Waals surface area contributed by atoms with Gasteiger partial charge in [-0.25, -0.2) is 4.39 Å². The molecule has 0 fully saturated rings. The van der Waals surface area contributed by atoms with Crippen molar-refractivity contribution in [3.05, 3.63) is 39.7 Å². The van der Waals surface area contributed by atoms with Crippen LogP contribution < -0.4 is 5.32 Å². The van der Waals surface area contributed by atoms with Gasteiger partial charge in [-0.05, 0) is 19.4 Å². The molecule has 0 saturated heterocycles. The molecule has 0 radical (unpaired) electrons. The summed E-state index contributed by atoms with van der Waals surface area (Å²) in [6.45, 7) is 1.58. The van der Waals surface area contributed by atoms with Gasteiger partial charge in [-0.15, -0.1) is 0 Å². The number of non-ortho nitro benzene ring substituents is 1. The van der Waals surface area contributed by atoms with E-state index in [0.717, 1.165) is 18.2 Å². The molecule has 18 heavy (non-hydrogen) atoms. The number of amides is 1. The zero-order valence-electron chi connectivity index (χ0n) is 9.72. The van der Waals surface area contributed by atoms with E-state index in [0.29, 0.717) is 6.42 Å². The molecule has 1 atom stereocenters. The predicted molar refractivity (Wildman–Crippen MR) is 61.7 cm³/mol. The summed E-state index contributed by atoms with van der Waals surface area (Å²) in [6, 6.07) is 2.37. The Balaban J connectivity index is 2.88. The van der Waals surface area contributed by atoms with Crippen LogP contribution >= 0.6 is 0 Å². The van der Waals surface area contributed by atoms with E-state index in [1.54, 1.807) is 6.92 Å². The van der Waals surface area contributed by atoms with Crippen molar-refractivity contribution in [2.75, 3.05) is 6.61 Å².